The molecule has 2 aromatic rings. The summed E-state index contributed by atoms with van der Waals surface area (Å²) in [6, 6.07) is 10.1. The van der Waals surface area contributed by atoms with Crippen LogP contribution in [-0.2, 0) is 6.54 Å². The van der Waals surface area contributed by atoms with Gasteiger partial charge in [0.25, 0.3) is 0 Å². The number of hydrogen-bond acceptors (Lipinski definition) is 3. The highest BCUT2D eigenvalue weighted by molar-refractivity contribution is 6.33. The van der Waals surface area contributed by atoms with Crippen LogP contribution >= 0.6 is 11.6 Å². The van der Waals surface area contributed by atoms with Crippen LogP contribution in [0, 0.1) is 5.82 Å². The van der Waals surface area contributed by atoms with E-state index in [0.29, 0.717) is 23.1 Å². The number of benzene rings is 2. The van der Waals surface area contributed by atoms with Gasteiger partial charge in [-0.1, -0.05) is 29.8 Å². The fourth-order valence-corrected chi connectivity index (χ4v) is 2.17. The van der Waals surface area contributed by atoms with Gasteiger partial charge in [-0.15, -0.1) is 0 Å². The van der Waals surface area contributed by atoms with Crippen LogP contribution in [0.2, 0.25) is 5.02 Å². The molecule has 0 unspecified atom stereocenters. The molecule has 0 radical (unpaired) electrons. The summed E-state index contributed by atoms with van der Waals surface area (Å²) in [6.45, 7) is 0.376. The number of rotatable bonds is 5. The third kappa shape index (κ3) is 2.96. The summed E-state index contributed by atoms with van der Waals surface area (Å²) < 4.78 is 24.2. The van der Waals surface area contributed by atoms with E-state index in [9.17, 15) is 4.39 Å². The molecular weight excluding hydrogens is 281 g/mol. The maximum atomic E-state index is 13.7. The molecule has 0 spiro atoms. The van der Waals surface area contributed by atoms with Crippen LogP contribution in [0.3, 0.4) is 0 Å². The Kier molecular flexibility index (Phi) is 4.69. The van der Waals surface area contributed by atoms with Crippen LogP contribution < -0.4 is 14.8 Å². The monoisotopic (exact) mass is 295 g/mol. The molecule has 3 nitrogen and oxygen atoms in total. The van der Waals surface area contributed by atoms with Crippen molar-refractivity contribution in [1.29, 1.82) is 0 Å². The van der Waals surface area contributed by atoms with Crippen molar-refractivity contribution in [2.45, 2.75) is 6.54 Å². The molecule has 0 saturated heterocycles. The predicted octanol–water partition coefficient (Wildman–Crippen LogP) is 4.11. The van der Waals surface area contributed by atoms with Crippen molar-refractivity contribution >= 4 is 17.3 Å². The van der Waals surface area contributed by atoms with E-state index in [2.05, 4.69) is 5.32 Å². The molecule has 1 N–H and O–H groups in total. The number of halogens is 2. The zero-order valence-electron chi connectivity index (χ0n) is 11.2. The van der Waals surface area contributed by atoms with E-state index in [1.807, 2.05) is 12.1 Å². The van der Waals surface area contributed by atoms with Gasteiger partial charge in [-0.3, -0.25) is 0 Å². The molecule has 0 amide bonds. The van der Waals surface area contributed by atoms with Gasteiger partial charge < -0.3 is 14.8 Å². The first kappa shape index (κ1) is 14.5. The Morgan fingerprint density at radius 3 is 2.50 bits per heavy atom. The first-order valence-electron chi connectivity index (χ1n) is 6.05. The van der Waals surface area contributed by atoms with Gasteiger partial charge in [-0.2, -0.15) is 0 Å². The molecule has 0 aliphatic heterocycles. The summed E-state index contributed by atoms with van der Waals surface area (Å²) in [4.78, 5) is 0. The molecule has 5 heteroatoms. The van der Waals surface area contributed by atoms with E-state index < -0.39 is 0 Å². The van der Waals surface area contributed by atoms with Gasteiger partial charge in [-0.05, 0) is 18.2 Å². The Morgan fingerprint density at radius 1 is 1.10 bits per heavy atom. The van der Waals surface area contributed by atoms with Crippen molar-refractivity contribution in [2.24, 2.45) is 0 Å². The van der Waals surface area contributed by atoms with Gasteiger partial charge in [0, 0.05) is 12.1 Å². The highest BCUT2D eigenvalue weighted by atomic mass is 35.5. The Balaban J connectivity index is 2.23. The predicted molar refractivity (Wildman–Crippen MR) is 78.3 cm³/mol. The number of hydrogen-bond donors (Lipinski definition) is 1. The van der Waals surface area contributed by atoms with Crippen LogP contribution in [0.5, 0.6) is 11.5 Å². The standard InChI is InChI=1S/C15H15ClFNO2/c1-19-13-8-3-5-10(15(13)20-2)9-18-14-11(16)6-4-7-12(14)17/h3-8,18H,9H2,1-2H3. The lowest BCUT2D eigenvalue weighted by Crippen LogP contribution is -2.04. The first-order valence-corrected chi connectivity index (χ1v) is 6.43. The first-order chi connectivity index (χ1) is 9.67. The van der Waals surface area contributed by atoms with Crippen LogP contribution in [-0.4, -0.2) is 14.2 Å². The molecule has 106 valence electrons. The Bertz CT molecular complexity index is 584. The van der Waals surface area contributed by atoms with E-state index in [-0.39, 0.29) is 11.5 Å². The van der Waals surface area contributed by atoms with E-state index in [1.165, 1.54) is 6.07 Å². The third-order valence-electron chi connectivity index (χ3n) is 2.90. The average Bonchev–Trinajstić information content (AvgIpc) is 2.46. The molecule has 2 aromatic carbocycles. The molecule has 0 atom stereocenters. The highest BCUT2D eigenvalue weighted by Crippen LogP contribution is 2.32. The number of methoxy groups -OCH3 is 2. The number of ether oxygens (including phenoxy) is 2. The fraction of sp³-hybridized carbons (Fsp3) is 0.200. The smallest absolute Gasteiger partial charge is 0.165 e. The minimum absolute atomic E-state index is 0.277. The van der Waals surface area contributed by atoms with Gasteiger partial charge in [0.1, 0.15) is 5.82 Å². The van der Waals surface area contributed by atoms with Crippen molar-refractivity contribution in [3.05, 3.63) is 52.8 Å². The molecule has 0 bridgehead atoms. The molecule has 2 rings (SSSR count). The van der Waals surface area contributed by atoms with Crippen LogP contribution in [0.15, 0.2) is 36.4 Å². The van der Waals surface area contributed by atoms with Gasteiger partial charge in [0.2, 0.25) is 0 Å². The summed E-state index contributed by atoms with van der Waals surface area (Å²) in [6.07, 6.45) is 0. The van der Waals surface area contributed by atoms with Gasteiger partial charge in [0.15, 0.2) is 11.5 Å². The molecular formula is C15H15ClFNO2. The zero-order chi connectivity index (χ0) is 14.5. The molecule has 20 heavy (non-hydrogen) atoms. The lowest BCUT2D eigenvalue weighted by Gasteiger charge is -2.14. The van der Waals surface area contributed by atoms with Crippen LogP contribution in [0.25, 0.3) is 0 Å². The Labute approximate surface area is 122 Å². The molecule has 0 aromatic heterocycles. The lowest BCUT2D eigenvalue weighted by atomic mass is 10.1. The fourth-order valence-electron chi connectivity index (χ4n) is 1.94. The summed E-state index contributed by atoms with van der Waals surface area (Å²) in [5.41, 5.74) is 1.13. The summed E-state index contributed by atoms with van der Waals surface area (Å²) in [5.74, 6) is 0.862. The minimum Gasteiger partial charge on any atom is -0.493 e. The van der Waals surface area contributed by atoms with Gasteiger partial charge in [0.05, 0.1) is 24.9 Å². The molecule has 0 saturated carbocycles. The SMILES string of the molecule is COc1cccc(CNc2c(F)cccc2Cl)c1OC. The van der Waals surface area contributed by atoms with Crippen molar-refractivity contribution in [3.63, 3.8) is 0 Å². The van der Waals surface area contributed by atoms with Crippen molar-refractivity contribution in [1.82, 2.24) is 0 Å². The van der Waals surface area contributed by atoms with Gasteiger partial charge >= 0.3 is 0 Å². The van der Waals surface area contributed by atoms with Crippen molar-refractivity contribution < 1.29 is 13.9 Å². The molecule has 0 heterocycles. The topological polar surface area (TPSA) is 30.5 Å². The summed E-state index contributed by atoms with van der Waals surface area (Å²) in [7, 11) is 3.14. The zero-order valence-corrected chi connectivity index (χ0v) is 12.0. The van der Waals surface area contributed by atoms with E-state index in [1.54, 1.807) is 32.4 Å². The Hall–Kier alpha value is -1.94. The second-order valence-corrected chi connectivity index (χ2v) is 4.51. The maximum absolute atomic E-state index is 13.7. The molecule has 0 aliphatic rings. The van der Waals surface area contributed by atoms with Crippen LogP contribution in [0.4, 0.5) is 10.1 Å². The summed E-state index contributed by atoms with van der Waals surface area (Å²) in [5, 5.41) is 3.32. The maximum Gasteiger partial charge on any atom is 0.165 e. The quantitative estimate of drug-likeness (QED) is 0.900. The van der Waals surface area contributed by atoms with E-state index in [4.69, 9.17) is 21.1 Å². The van der Waals surface area contributed by atoms with Crippen molar-refractivity contribution in [2.75, 3.05) is 19.5 Å². The highest BCUT2D eigenvalue weighted by Gasteiger charge is 2.11. The minimum atomic E-state index is -0.389. The summed E-state index contributed by atoms with van der Waals surface area (Å²) >= 11 is 5.97. The normalized spacial score (nSPS) is 10.2. The Morgan fingerprint density at radius 2 is 1.85 bits per heavy atom. The van der Waals surface area contributed by atoms with Crippen LogP contribution in [0.1, 0.15) is 5.56 Å². The second-order valence-electron chi connectivity index (χ2n) is 4.10. The number of anilines is 1. The van der Waals surface area contributed by atoms with Crippen molar-refractivity contribution in [3.8, 4) is 11.5 Å². The average molecular weight is 296 g/mol. The lowest BCUT2D eigenvalue weighted by molar-refractivity contribution is 0.352. The second kappa shape index (κ2) is 6.48. The van der Waals surface area contributed by atoms with Gasteiger partial charge in [-0.25, -0.2) is 4.39 Å². The third-order valence-corrected chi connectivity index (χ3v) is 3.22. The largest absolute Gasteiger partial charge is 0.493 e. The molecule has 0 aliphatic carbocycles. The molecule has 0 fully saturated rings. The number of para-hydroxylation sites is 2. The van der Waals surface area contributed by atoms with E-state index >= 15 is 0 Å². The van der Waals surface area contributed by atoms with E-state index in [0.717, 1.165) is 5.56 Å². The number of nitrogens with one attached hydrogen (secondary N) is 1.